The van der Waals surface area contributed by atoms with Crippen molar-refractivity contribution in [3.8, 4) is 0 Å². The van der Waals surface area contributed by atoms with Gasteiger partial charge in [-0.15, -0.1) is 0 Å². The van der Waals surface area contributed by atoms with Crippen LogP contribution in [0.2, 0.25) is 0 Å². The summed E-state index contributed by atoms with van der Waals surface area (Å²) < 4.78 is 0. The fourth-order valence-electron chi connectivity index (χ4n) is 3.06. The number of hydrogen-bond acceptors (Lipinski definition) is 2. The van der Waals surface area contributed by atoms with E-state index in [9.17, 15) is 9.59 Å². The number of rotatable bonds is 5. The molecule has 2 heteroatoms. The topological polar surface area (TPSA) is 34.1 Å². The molecule has 0 unspecified atom stereocenters. The lowest BCUT2D eigenvalue weighted by Gasteiger charge is -2.27. The van der Waals surface area contributed by atoms with Gasteiger partial charge in [-0.25, -0.2) is 0 Å². The Balaban J connectivity index is 1.87. The van der Waals surface area contributed by atoms with Crippen molar-refractivity contribution in [3.05, 3.63) is 35.9 Å². The first kappa shape index (κ1) is 15.0. The maximum atomic E-state index is 12.1. The average molecular weight is 272 g/mol. The van der Waals surface area contributed by atoms with E-state index in [1.54, 1.807) is 0 Å². The van der Waals surface area contributed by atoms with E-state index in [4.69, 9.17) is 0 Å². The van der Waals surface area contributed by atoms with E-state index in [0.29, 0.717) is 18.8 Å². The number of benzene rings is 1. The van der Waals surface area contributed by atoms with Crippen LogP contribution in [0.4, 0.5) is 0 Å². The Bertz CT molecular complexity index is 444. The lowest BCUT2D eigenvalue weighted by molar-refractivity contribution is -0.138. The van der Waals surface area contributed by atoms with Crippen LogP contribution in [-0.2, 0) is 16.0 Å². The molecular weight excluding hydrogens is 248 g/mol. The van der Waals surface area contributed by atoms with Gasteiger partial charge in [0.05, 0.1) is 5.92 Å². The van der Waals surface area contributed by atoms with Crippen LogP contribution < -0.4 is 0 Å². The lowest BCUT2D eigenvalue weighted by atomic mass is 9.75. The van der Waals surface area contributed by atoms with E-state index < -0.39 is 0 Å². The van der Waals surface area contributed by atoms with Gasteiger partial charge in [-0.05, 0) is 36.7 Å². The van der Waals surface area contributed by atoms with E-state index >= 15 is 0 Å². The zero-order chi connectivity index (χ0) is 14.5. The molecule has 1 saturated carbocycles. The molecule has 108 valence electrons. The molecule has 2 nitrogen and oxygen atoms in total. The average Bonchev–Trinajstić information content (AvgIpc) is 2.41. The largest absolute Gasteiger partial charge is 0.299 e. The number of hydrogen-bond donors (Lipinski definition) is 0. The van der Waals surface area contributed by atoms with Gasteiger partial charge in [0.1, 0.15) is 11.6 Å². The molecule has 0 aromatic heterocycles. The van der Waals surface area contributed by atoms with Gasteiger partial charge in [-0.1, -0.05) is 44.2 Å². The van der Waals surface area contributed by atoms with Crippen molar-refractivity contribution in [2.75, 3.05) is 0 Å². The van der Waals surface area contributed by atoms with Gasteiger partial charge in [0.15, 0.2) is 0 Å². The first-order chi connectivity index (χ1) is 9.56. The van der Waals surface area contributed by atoms with E-state index in [2.05, 4.69) is 26.0 Å². The second kappa shape index (κ2) is 6.83. The summed E-state index contributed by atoms with van der Waals surface area (Å²) >= 11 is 0. The van der Waals surface area contributed by atoms with Crippen LogP contribution in [0.1, 0.15) is 45.1 Å². The summed E-state index contributed by atoms with van der Waals surface area (Å²) in [6, 6.07) is 10.3. The summed E-state index contributed by atoms with van der Waals surface area (Å²) in [5.74, 6) is 0.691. The summed E-state index contributed by atoms with van der Waals surface area (Å²) in [6.07, 6.45) is 3.81. The van der Waals surface area contributed by atoms with Crippen LogP contribution in [0.15, 0.2) is 30.3 Å². The molecule has 2 rings (SSSR count). The predicted molar refractivity (Wildman–Crippen MR) is 80.4 cm³/mol. The van der Waals surface area contributed by atoms with Gasteiger partial charge in [-0.3, -0.25) is 9.59 Å². The molecule has 1 aromatic rings. The minimum Gasteiger partial charge on any atom is -0.299 e. The molecule has 0 spiro atoms. The minimum atomic E-state index is -0.317. The minimum absolute atomic E-state index is 0.174. The molecule has 1 fully saturated rings. The number of carbonyl (C=O) groups is 2. The Morgan fingerprint density at radius 3 is 2.20 bits per heavy atom. The first-order valence-electron chi connectivity index (χ1n) is 7.65. The SMILES string of the molecule is CC(C)CC1C(=O)CC(CCc2ccccc2)CC1=O. The van der Waals surface area contributed by atoms with Crippen LogP contribution in [0.25, 0.3) is 0 Å². The molecular formula is C18H24O2. The molecule has 0 saturated heterocycles. The molecule has 0 radical (unpaired) electrons. The maximum Gasteiger partial charge on any atom is 0.143 e. The van der Waals surface area contributed by atoms with Crippen molar-refractivity contribution >= 4 is 11.6 Å². The Morgan fingerprint density at radius 2 is 1.65 bits per heavy atom. The Morgan fingerprint density at radius 1 is 1.05 bits per heavy atom. The zero-order valence-electron chi connectivity index (χ0n) is 12.5. The van der Waals surface area contributed by atoms with Gasteiger partial charge >= 0.3 is 0 Å². The number of Topliss-reactive ketones (excluding diaryl/α,β-unsaturated/α-hetero) is 2. The first-order valence-corrected chi connectivity index (χ1v) is 7.65. The highest BCUT2D eigenvalue weighted by atomic mass is 16.2. The van der Waals surface area contributed by atoms with Crippen molar-refractivity contribution in [1.82, 2.24) is 0 Å². The molecule has 20 heavy (non-hydrogen) atoms. The highest BCUT2D eigenvalue weighted by Crippen LogP contribution is 2.30. The van der Waals surface area contributed by atoms with Gasteiger partial charge < -0.3 is 0 Å². The van der Waals surface area contributed by atoms with Crippen molar-refractivity contribution < 1.29 is 9.59 Å². The number of ketones is 2. The molecule has 0 atom stereocenters. The fraction of sp³-hybridized carbons (Fsp3) is 0.556. The van der Waals surface area contributed by atoms with Gasteiger partial charge in [-0.2, -0.15) is 0 Å². The van der Waals surface area contributed by atoms with Gasteiger partial charge in [0.25, 0.3) is 0 Å². The molecule has 0 heterocycles. The fourth-order valence-corrected chi connectivity index (χ4v) is 3.06. The molecule has 1 aliphatic rings. The Labute approximate surface area is 121 Å². The highest BCUT2D eigenvalue weighted by Gasteiger charge is 2.35. The van der Waals surface area contributed by atoms with Crippen LogP contribution in [-0.4, -0.2) is 11.6 Å². The normalized spacial score (nSPS) is 23.4. The van der Waals surface area contributed by atoms with Crippen LogP contribution >= 0.6 is 0 Å². The maximum absolute atomic E-state index is 12.1. The van der Waals surface area contributed by atoms with Crippen molar-refractivity contribution in [2.45, 2.75) is 46.0 Å². The summed E-state index contributed by atoms with van der Waals surface area (Å²) in [6.45, 7) is 4.14. The third kappa shape index (κ3) is 4.03. The van der Waals surface area contributed by atoms with E-state index in [0.717, 1.165) is 19.3 Å². The van der Waals surface area contributed by atoms with Crippen molar-refractivity contribution in [3.63, 3.8) is 0 Å². The summed E-state index contributed by atoms with van der Waals surface area (Å²) in [5, 5.41) is 0. The third-order valence-electron chi connectivity index (χ3n) is 4.15. The number of aryl methyl sites for hydroxylation is 1. The quantitative estimate of drug-likeness (QED) is 0.763. The van der Waals surface area contributed by atoms with Crippen LogP contribution in [0.3, 0.4) is 0 Å². The summed E-state index contributed by atoms with van der Waals surface area (Å²) in [4.78, 5) is 24.3. The van der Waals surface area contributed by atoms with E-state index in [1.807, 2.05) is 18.2 Å². The van der Waals surface area contributed by atoms with Crippen LogP contribution in [0, 0.1) is 17.8 Å². The molecule has 0 bridgehead atoms. The standard InChI is InChI=1S/C18H24O2/c1-13(2)10-16-17(19)11-15(12-18(16)20)9-8-14-6-4-3-5-7-14/h3-7,13,15-16H,8-12H2,1-2H3. The lowest BCUT2D eigenvalue weighted by Crippen LogP contribution is -2.34. The van der Waals surface area contributed by atoms with Crippen molar-refractivity contribution in [2.24, 2.45) is 17.8 Å². The van der Waals surface area contributed by atoms with Crippen molar-refractivity contribution in [1.29, 1.82) is 0 Å². The van der Waals surface area contributed by atoms with Gasteiger partial charge in [0, 0.05) is 12.8 Å². The Kier molecular flexibility index (Phi) is 5.11. The van der Waals surface area contributed by atoms with Gasteiger partial charge in [0.2, 0.25) is 0 Å². The molecule has 0 N–H and O–H groups in total. The molecule has 1 aromatic carbocycles. The van der Waals surface area contributed by atoms with Crippen LogP contribution in [0.5, 0.6) is 0 Å². The zero-order valence-corrected chi connectivity index (χ0v) is 12.5. The van der Waals surface area contributed by atoms with E-state index in [1.165, 1.54) is 5.56 Å². The summed E-state index contributed by atoms with van der Waals surface area (Å²) in [7, 11) is 0. The smallest absolute Gasteiger partial charge is 0.143 e. The molecule has 0 amide bonds. The highest BCUT2D eigenvalue weighted by molar-refractivity contribution is 6.04. The predicted octanol–water partition coefficient (Wildman–Crippen LogP) is 3.83. The molecule has 0 aliphatic heterocycles. The second-order valence-electron chi connectivity index (χ2n) is 6.41. The second-order valence-corrected chi connectivity index (χ2v) is 6.41. The summed E-state index contributed by atoms with van der Waals surface area (Å²) in [5.41, 5.74) is 1.29. The molecule has 1 aliphatic carbocycles. The third-order valence-corrected chi connectivity index (χ3v) is 4.15. The Hall–Kier alpha value is -1.44. The van der Waals surface area contributed by atoms with E-state index in [-0.39, 0.29) is 23.4 Å². The number of carbonyl (C=O) groups excluding carboxylic acids is 2. The monoisotopic (exact) mass is 272 g/mol.